The second-order valence-electron chi connectivity index (χ2n) is 28.5. The molecule has 2 heterocycles. The average Bonchev–Trinajstić information content (AvgIpc) is 1.73. The summed E-state index contributed by atoms with van der Waals surface area (Å²) >= 11 is 0. The molecule has 0 aliphatic carbocycles. The van der Waals surface area contributed by atoms with Crippen LogP contribution in [0.5, 0.6) is 0 Å². The summed E-state index contributed by atoms with van der Waals surface area (Å²) in [5.74, 6) is -0.737. The van der Waals surface area contributed by atoms with Gasteiger partial charge in [0.1, 0.15) is 79.7 Å². The Kier molecular flexibility index (Phi) is 35.0. The fraction of sp³-hybridized carbons (Fsp3) is 0.368. The highest BCUT2D eigenvalue weighted by atomic mass is 16.8. The van der Waals surface area contributed by atoms with Gasteiger partial charge in [0.15, 0.2) is 18.7 Å². The molecule has 10 aromatic carbocycles. The van der Waals surface area contributed by atoms with E-state index in [1.165, 1.54) is 14.0 Å². The summed E-state index contributed by atoms with van der Waals surface area (Å²) in [4.78, 5) is 25.6. The van der Waals surface area contributed by atoms with Gasteiger partial charge in [-0.1, -0.05) is 279 Å². The maximum absolute atomic E-state index is 13.5. The number of rotatable bonds is 51. The van der Waals surface area contributed by atoms with Crippen LogP contribution in [0.2, 0.25) is 0 Å². The van der Waals surface area contributed by atoms with Crippen LogP contribution in [0, 0.1) is 0 Å². The molecular weight excluding hydrogens is 1460 g/mol. The van der Waals surface area contributed by atoms with Crippen molar-refractivity contribution in [3.63, 3.8) is 0 Å². The summed E-state index contributed by atoms with van der Waals surface area (Å²) in [5, 5.41) is 2.26. The van der Waals surface area contributed by atoms with Crippen molar-refractivity contribution in [1.82, 2.24) is 0 Å². The summed E-state index contributed by atoms with van der Waals surface area (Å²) < 4.78 is 121. The Morgan fingerprint density at radius 2 is 0.643 bits per heavy atom. The van der Waals surface area contributed by atoms with Crippen molar-refractivity contribution >= 4 is 22.5 Å². The van der Waals surface area contributed by atoms with Gasteiger partial charge in [0.05, 0.1) is 106 Å². The van der Waals surface area contributed by atoms with Crippen molar-refractivity contribution in [1.29, 1.82) is 0 Å². The zero-order valence-corrected chi connectivity index (χ0v) is 65.6. The number of carbonyl (C=O) groups excluding carboxylic acids is 2. The van der Waals surface area contributed by atoms with Gasteiger partial charge < -0.3 is 90.1 Å². The lowest BCUT2D eigenvalue weighted by molar-refractivity contribution is -0.225. The van der Waals surface area contributed by atoms with Gasteiger partial charge >= 0.3 is 5.97 Å². The van der Waals surface area contributed by atoms with Crippen LogP contribution in [0.3, 0.4) is 0 Å². The van der Waals surface area contributed by atoms with Gasteiger partial charge in [0.2, 0.25) is 0 Å². The number of hydrogen-bond donors (Lipinski definition) is 0. The van der Waals surface area contributed by atoms with E-state index in [-0.39, 0.29) is 118 Å². The zero-order chi connectivity index (χ0) is 79.3. The van der Waals surface area contributed by atoms with Gasteiger partial charge in [-0.15, -0.1) is 0 Å². The summed E-state index contributed by atoms with van der Waals surface area (Å²) in [5.41, 5.74) is 8.46. The molecular formula is C95H106O20. The standard InChI is InChI=1S/C95H106O20/c1-69(96)48-51-87(97)115-91-86(65-101-54-71-32-14-5-15-33-71)114-95(93(91)99-3)111-67-84(107-59-75-40-22-9-23-41-75)89(109-61-77-44-26-11-27-45-77)82(105-57-73-36-18-7-19-37-73)63-103-68-112-90-85(64-100-53-70-30-12-4-13-31-70)113-94(92(90)98-2)110-66-83(106-58-74-38-20-8-21-39-74)88(108-60-76-42-24-10-25-43-76)81(104-56-72-34-16-6-17-35-72)62-102-55-78-49-50-79-46-28-29-47-80(79)52-78/h4-47,49-50,52,81-86,88-95H,48,51,53-68H2,1-3H3. The molecule has 2 saturated heterocycles. The fourth-order valence-electron chi connectivity index (χ4n) is 13.8. The highest BCUT2D eigenvalue weighted by Crippen LogP contribution is 2.33. The van der Waals surface area contributed by atoms with Crippen LogP contribution in [0.1, 0.15) is 69.8 Å². The van der Waals surface area contributed by atoms with Crippen molar-refractivity contribution in [3.05, 3.63) is 335 Å². The van der Waals surface area contributed by atoms with E-state index in [1.807, 2.05) is 255 Å². The van der Waals surface area contributed by atoms with Crippen LogP contribution in [-0.2, 0) is 154 Å². The number of benzene rings is 10. The number of ether oxygens (including phenoxy) is 18. The van der Waals surface area contributed by atoms with E-state index in [2.05, 4.69) is 30.3 Å². The van der Waals surface area contributed by atoms with Crippen LogP contribution < -0.4 is 0 Å². The largest absolute Gasteiger partial charge is 0.456 e. The molecule has 10 aromatic rings. The van der Waals surface area contributed by atoms with E-state index in [1.54, 1.807) is 7.11 Å². The molecule has 0 N–H and O–H groups in total. The normalized spacial score (nSPS) is 19.7. The first-order valence-electron chi connectivity index (χ1n) is 39.4. The van der Waals surface area contributed by atoms with Crippen LogP contribution in [0.4, 0.5) is 0 Å². The van der Waals surface area contributed by atoms with Gasteiger partial charge in [0.25, 0.3) is 0 Å². The van der Waals surface area contributed by atoms with Crippen LogP contribution in [0.25, 0.3) is 10.8 Å². The fourth-order valence-corrected chi connectivity index (χ4v) is 13.8. The number of Topliss-reactive ketones (excluding diaryl/α,β-unsaturated/α-hetero) is 1. The molecule has 0 aromatic heterocycles. The summed E-state index contributed by atoms with van der Waals surface area (Å²) in [6.07, 6.45) is -12.5. The van der Waals surface area contributed by atoms with E-state index >= 15 is 0 Å². The highest BCUT2D eigenvalue weighted by molar-refractivity contribution is 5.83. The second kappa shape index (κ2) is 47.2. The summed E-state index contributed by atoms with van der Waals surface area (Å²) in [6, 6.07) is 93.7. The number of carbonyl (C=O) groups is 2. The Morgan fingerprint density at radius 1 is 0.313 bits per heavy atom. The van der Waals surface area contributed by atoms with Gasteiger partial charge in [0, 0.05) is 20.6 Å². The maximum Gasteiger partial charge on any atom is 0.306 e. The molecule has 0 radical (unpaired) electrons. The van der Waals surface area contributed by atoms with Gasteiger partial charge in [-0.25, -0.2) is 0 Å². The first-order chi connectivity index (χ1) is 56.7. The third-order valence-electron chi connectivity index (χ3n) is 19.9. The van der Waals surface area contributed by atoms with Crippen molar-refractivity contribution in [2.45, 2.75) is 165 Å². The highest BCUT2D eigenvalue weighted by Gasteiger charge is 2.50. The Balaban J connectivity index is 0.816. The molecule has 0 saturated carbocycles. The van der Waals surface area contributed by atoms with E-state index in [0.29, 0.717) is 6.61 Å². The quantitative estimate of drug-likeness (QED) is 0.0198. The van der Waals surface area contributed by atoms with Crippen LogP contribution in [-0.4, -0.2) is 158 Å². The molecule has 0 spiro atoms. The van der Waals surface area contributed by atoms with Crippen LogP contribution in [0.15, 0.2) is 285 Å². The van der Waals surface area contributed by atoms with E-state index in [0.717, 1.165) is 60.8 Å². The minimum atomic E-state index is -1.11. The Labute approximate surface area is 674 Å². The molecule has 2 aliphatic rings. The summed E-state index contributed by atoms with van der Waals surface area (Å²) in [6.45, 7) is 3.06. The Hall–Kier alpha value is -9.08. The molecule has 2 aliphatic heterocycles. The molecule has 606 valence electrons. The third-order valence-corrected chi connectivity index (χ3v) is 19.9. The first-order valence-corrected chi connectivity index (χ1v) is 39.4. The van der Waals surface area contributed by atoms with E-state index < -0.39 is 91.8 Å². The van der Waals surface area contributed by atoms with Crippen molar-refractivity contribution in [2.24, 2.45) is 0 Å². The molecule has 14 unspecified atom stereocenters. The molecule has 20 nitrogen and oxygen atoms in total. The van der Waals surface area contributed by atoms with Gasteiger partial charge in [-0.2, -0.15) is 0 Å². The monoisotopic (exact) mass is 1570 g/mol. The SMILES string of the molecule is COC1C(OCC(OCc2ccccc2)C(OCc2ccccc2)C(COCc2ccc3ccccc3c2)OCc2ccccc2)OC(COCc2ccccc2)C1OCOCC(OCc1ccccc1)C(OCc1ccccc1)C(COC1OC(COCc2ccccc2)C(OC(=O)CCC(C)=O)C1OC)OCc1ccccc1. The van der Waals surface area contributed by atoms with E-state index in [4.69, 9.17) is 85.3 Å². The van der Waals surface area contributed by atoms with E-state index in [9.17, 15) is 9.59 Å². The number of esters is 1. The van der Waals surface area contributed by atoms with Crippen molar-refractivity contribution in [2.75, 3.05) is 60.7 Å². The predicted octanol–water partition coefficient (Wildman–Crippen LogP) is 15.5. The molecule has 14 atom stereocenters. The van der Waals surface area contributed by atoms with Gasteiger partial charge in [-0.3, -0.25) is 4.79 Å². The number of fused-ring (bicyclic) bond motifs is 1. The topological polar surface area (TPSA) is 200 Å². The third kappa shape index (κ3) is 27.5. The molecule has 115 heavy (non-hydrogen) atoms. The number of methoxy groups -OCH3 is 2. The second-order valence-corrected chi connectivity index (χ2v) is 28.5. The number of hydrogen-bond acceptors (Lipinski definition) is 20. The molecule has 20 heteroatoms. The minimum Gasteiger partial charge on any atom is -0.456 e. The lowest BCUT2D eigenvalue weighted by Crippen LogP contribution is -2.48. The molecule has 0 bridgehead atoms. The molecule has 0 amide bonds. The Morgan fingerprint density at radius 3 is 1.03 bits per heavy atom. The average molecular weight is 1570 g/mol. The summed E-state index contributed by atoms with van der Waals surface area (Å²) in [7, 11) is 3.10. The Bertz CT molecular complexity index is 4330. The van der Waals surface area contributed by atoms with Crippen molar-refractivity contribution in [3.8, 4) is 0 Å². The minimum absolute atomic E-state index is 0.0106. The lowest BCUT2D eigenvalue weighted by atomic mass is 10.1. The molecule has 12 rings (SSSR count). The predicted molar refractivity (Wildman–Crippen MR) is 432 cm³/mol. The maximum atomic E-state index is 13.5. The smallest absolute Gasteiger partial charge is 0.306 e. The zero-order valence-electron chi connectivity index (χ0n) is 65.6. The molecule has 2 fully saturated rings. The van der Waals surface area contributed by atoms with Crippen LogP contribution >= 0.6 is 0 Å². The first kappa shape index (κ1) is 85.3. The lowest BCUT2D eigenvalue weighted by Gasteiger charge is -2.34. The van der Waals surface area contributed by atoms with Crippen molar-refractivity contribution < 1.29 is 94.9 Å². The van der Waals surface area contributed by atoms with Gasteiger partial charge in [-0.05, 0) is 73.8 Å². The number of ketones is 1.